The second-order valence-electron chi connectivity index (χ2n) is 1.07. The minimum atomic E-state index is -0.965. The van der Waals surface area contributed by atoms with E-state index >= 15 is 0 Å². The maximum Gasteiger partial charge on any atom is 0.325 e. The Balaban J connectivity index is 3.60. The Kier molecular flexibility index (Phi) is 3.28. The molecule has 0 rings (SSSR count). The van der Waals surface area contributed by atoms with Gasteiger partial charge >= 0.3 is 11.8 Å². The Morgan fingerprint density at radius 2 is 1.67 bits per heavy atom. The molecule has 9 heavy (non-hydrogen) atoms. The van der Waals surface area contributed by atoms with E-state index < -0.39 is 11.8 Å². The minimum Gasteiger partial charge on any atom is -0.286 e. The third-order valence-corrected chi connectivity index (χ3v) is 0.523. The number of amides is 2. The van der Waals surface area contributed by atoms with Crippen molar-refractivity contribution in [2.24, 2.45) is 11.7 Å². The van der Waals surface area contributed by atoms with Gasteiger partial charge in [0.15, 0.2) is 0 Å². The van der Waals surface area contributed by atoms with Crippen LogP contribution in [0.2, 0.25) is 0 Å². The van der Waals surface area contributed by atoms with Crippen molar-refractivity contribution < 1.29 is 9.59 Å². The number of carbonyl (C=O) groups excluding carboxylic acids is 2. The number of nitrogens with two attached hydrogens (primary N) is 2. The fourth-order valence-corrected chi connectivity index (χ4v) is 0.188. The van der Waals surface area contributed by atoms with Gasteiger partial charge in [-0.05, 0) is 0 Å². The Bertz CT molecular complexity index is 122. The summed E-state index contributed by atoms with van der Waals surface area (Å²) in [4.78, 5) is 20.4. The van der Waals surface area contributed by atoms with Crippen LogP contribution in [0.1, 0.15) is 0 Å². The first-order chi connectivity index (χ1) is 4.22. The topological polar surface area (TPSA) is 122 Å². The molecule has 0 saturated heterocycles. The van der Waals surface area contributed by atoms with E-state index in [0.717, 1.165) is 0 Å². The van der Waals surface area contributed by atoms with Crippen LogP contribution < -0.4 is 28.1 Å². The van der Waals surface area contributed by atoms with Crippen LogP contribution in [0.4, 0.5) is 0 Å². The Labute approximate surface area is 50.7 Å². The summed E-state index contributed by atoms with van der Waals surface area (Å²) in [5.74, 6) is 7.28. The molecule has 7 heteroatoms. The molecule has 0 aromatic carbocycles. The highest BCUT2D eigenvalue weighted by molar-refractivity contribution is 6.34. The van der Waals surface area contributed by atoms with Gasteiger partial charge in [-0.1, -0.05) is 0 Å². The summed E-state index contributed by atoms with van der Waals surface area (Å²) >= 11 is 0. The molecule has 0 aliphatic rings. The zero-order valence-electron chi connectivity index (χ0n) is 4.47. The molecule has 0 aromatic heterocycles. The predicted molar refractivity (Wildman–Crippen MR) is 27.8 cm³/mol. The highest BCUT2D eigenvalue weighted by Crippen LogP contribution is 1.57. The number of rotatable bonds is 1. The Morgan fingerprint density at radius 1 is 1.11 bits per heavy atom. The van der Waals surface area contributed by atoms with Gasteiger partial charge in [0, 0.05) is 0 Å². The second-order valence-corrected chi connectivity index (χ2v) is 1.07. The van der Waals surface area contributed by atoms with Crippen LogP contribution in [0.5, 0.6) is 0 Å². The molecule has 0 aliphatic heterocycles. The molecule has 52 valence electrons. The van der Waals surface area contributed by atoms with Gasteiger partial charge < -0.3 is 0 Å². The zero-order valence-corrected chi connectivity index (χ0v) is 4.47. The Hall–Kier alpha value is -1.18. The third-order valence-electron chi connectivity index (χ3n) is 0.523. The lowest BCUT2D eigenvalue weighted by Crippen LogP contribution is -2.50. The van der Waals surface area contributed by atoms with E-state index in [0.29, 0.717) is 0 Å². The van der Waals surface area contributed by atoms with Crippen molar-refractivity contribution in [2.45, 2.75) is 0 Å². The van der Waals surface area contributed by atoms with Crippen molar-refractivity contribution in [3.05, 3.63) is 0 Å². The monoisotopic (exact) mass is 133 g/mol. The molecule has 0 fully saturated rings. The van der Waals surface area contributed by atoms with Crippen molar-refractivity contribution >= 4 is 11.8 Å². The van der Waals surface area contributed by atoms with Crippen molar-refractivity contribution in [1.82, 2.24) is 16.4 Å². The first-order valence-corrected chi connectivity index (χ1v) is 1.99. The molecule has 7 N–H and O–H groups in total. The van der Waals surface area contributed by atoms with E-state index in [2.05, 4.69) is 11.7 Å². The summed E-state index contributed by atoms with van der Waals surface area (Å²) in [6.45, 7) is 0. The SMILES string of the molecule is NNNC(=O)C(=O)NN. The first-order valence-electron chi connectivity index (χ1n) is 1.99. The molecule has 0 heterocycles. The Morgan fingerprint density at radius 3 is 2.00 bits per heavy atom. The molecule has 0 spiro atoms. The van der Waals surface area contributed by atoms with Crippen LogP contribution >= 0.6 is 0 Å². The fraction of sp³-hybridized carbons (Fsp3) is 0. The van der Waals surface area contributed by atoms with Crippen LogP contribution in [0.15, 0.2) is 0 Å². The average molecular weight is 133 g/mol. The fourth-order valence-electron chi connectivity index (χ4n) is 0.188. The number of carbonyl (C=O) groups is 2. The number of hydrazine groups is 3. The zero-order chi connectivity index (χ0) is 7.28. The van der Waals surface area contributed by atoms with E-state index in [1.165, 1.54) is 0 Å². The van der Waals surface area contributed by atoms with Crippen LogP contribution in [0.25, 0.3) is 0 Å². The summed E-state index contributed by atoms with van der Waals surface area (Å²) in [6.07, 6.45) is 0. The van der Waals surface area contributed by atoms with E-state index in [1.807, 2.05) is 0 Å². The van der Waals surface area contributed by atoms with Crippen LogP contribution in [0, 0.1) is 0 Å². The molecular formula is C2H7N5O2. The summed E-state index contributed by atoms with van der Waals surface area (Å²) in [6, 6.07) is 0. The van der Waals surface area contributed by atoms with Gasteiger partial charge in [0.25, 0.3) is 0 Å². The standard InChI is InChI=1S/C2H7N5O2/c3-5-1(8)2(9)6-7-4/h7H,3-4H2,(H,5,8)(H,6,9). The molecule has 0 radical (unpaired) electrons. The maximum absolute atomic E-state index is 10.2. The van der Waals surface area contributed by atoms with Crippen molar-refractivity contribution in [3.63, 3.8) is 0 Å². The van der Waals surface area contributed by atoms with Crippen LogP contribution in [-0.2, 0) is 9.59 Å². The van der Waals surface area contributed by atoms with Gasteiger partial charge in [-0.25, -0.2) is 5.84 Å². The van der Waals surface area contributed by atoms with Gasteiger partial charge in [-0.2, -0.15) is 5.53 Å². The summed E-state index contributed by atoms with van der Waals surface area (Å²) < 4.78 is 0. The van der Waals surface area contributed by atoms with E-state index in [9.17, 15) is 9.59 Å². The highest BCUT2D eigenvalue weighted by Gasteiger charge is 2.08. The molecule has 0 atom stereocenters. The third kappa shape index (κ3) is 2.59. The van der Waals surface area contributed by atoms with Crippen LogP contribution in [-0.4, -0.2) is 11.8 Å². The molecule has 0 bridgehead atoms. The number of hydrogen-bond acceptors (Lipinski definition) is 5. The number of nitrogens with one attached hydrogen (secondary N) is 3. The van der Waals surface area contributed by atoms with Crippen LogP contribution in [0.3, 0.4) is 0 Å². The lowest BCUT2D eigenvalue weighted by molar-refractivity contribution is -0.139. The first kappa shape index (κ1) is 7.82. The predicted octanol–water partition coefficient (Wildman–Crippen LogP) is -3.53. The molecule has 7 nitrogen and oxygen atoms in total. The van der Waals surface area contributed by atoms with Gasteiger partial charge in [-0.3, -0.25) is 26.3 Å². The van der Waals surface area contributed by atoms with E-state index in [-0.39, 0.29) is 0 Å². The quantitative estimate of drug-likeness (QED) is 0.110. The smallest absolute Gasteiger partial charge is 0.286 e. The number of hydrogen-bond donors (Lipinski definition) is 5. The van der Waals surface area contributed by atoms with Crippen molar-refractivity contribution in [3.8, 4) is 0 Å². The molecule has 0 aromatic rings. The second kappa shape index (κ2) is 3.78. The van der Waals surface area contributed by atoms with E-state index in [1.54, 1.807) is 16.4 Å². The van der Waals surface area contributed by atoms with E-state index in [4.69, 9.17) is 0 Å². The summed E-state index contributed by atoms with van der Waals surface area (Å²) in [5.41, 5.74) is 5.16. The molecule has 0 saturated carbocycles. The maximum atomic E-state index is 10.2. The van der Waals surface area contributed by atoms with Crippen molar-refractivity contribution in [1.29, 1.82) is 0 Å². The molecule has 2 amide bonds. The largest absolute Gasteiger partial charge is 0.325 e. The van der Waals surface area contributed by atoms with Gasteiger partial charge in [-0.15, -0.1) is 0 Å². The molecular weight excluding hydrogens is 126 g/mol. The van der Waals surface area contributed by atoms with Gasteiger partial charge in [0.1, 0.15) is 0 Å². The van der Waals surface area contributed by atoms with Crippen molar-refractivity contribution in [2.75, 3.05) is 0 Å². The van der Waals surface area contributed by atoms with Gasteiger partial charge in [0.05, 0.1) is 0 Å². The highest BCUT2D eigenvalue weighted by atomic mass is 16.2. The summed E-state index contributed by atoms with van der Waals surface area (Å²) in [7, 11) is 0. The molecule has 0 unspecified atom stereocenters. The lowest BCUT2D eigenvalue weighted by atomic mass is 10.6. The molecule has 0 aliphatic carbocycles. The normalized spacial score (nSPS) is 8.22. The van der Waals surface area contributed by atoms with Gasteiger partial charge in [0.2, 0.25) is 0 Å². The average Bonchev–Trinajstić information content (AvgIpc) is 1.87. The summed E-state index contributed by atoms with van der Waals surface area (Å²) in [5, 5.41) is 0. The minimum absolute atomic E-state index is 0.944. The lowest BCUT2D eigenvalue weighted by Gasteiger charge is -1.98.